The summed E-state index contributed by atoms with van der Waals surface area (Å²) in [5.41, 5.74) is 3.79. The van der Waals surface area contributed by atoms with E-state index in [-0.39, 0.29) is 11.1 Å². The number of nitriles is 1. The van der Waals surface area contributed by atoms with Gasteiger partial charge in [-0.15, -0.1) is 0 Å². The summed E-state index contributed by atoms with van der Waals surface area (Å²) in [7, 11) is 3.38. The molecule has 0 saturated heterocycles. The van der Waals surface area contributed by atoms with Crippen LogP contribution in [0.2, 0.25) is 0 Å². The van der Waals surface area contributed by atoms with Crippen molar-refractivity contribution in [1.29, 1.82) is 5.26 Å². The predicted molar refractivity (Wildman–Crippen MR) is 160 cm³/mol. The number of hydrogen-bond donors (Lipinski definition) is 3. The number of amides is 2. The standard InChI is InChI=1S/C30H29N9O2/c1-30(2,3)39-17-24(25(37-39)20-10-6-8-18(12-20)15-31)35-29(41)34-22-11-7-9-19(13-22)23-14-21-16-33-28(32-4)36-26(21)38(5)27(23)40/h6-14,16-17H,1-5H3,(H,32,33,36)(H2,34,35,41). The molecule has 0 aliphatic rings. The van der Waals surface area contributed by atoms with E-state index in [9.17, 15) is 14.9 Å². The zero-order chi connectivity index (χ0) is 29.3. The molecular formula is C30H29N9O2. The second kappa shape index (κ2) is 10.6. The Bertz CT molecular complexity index is 1890. The van der Waals surface area contributed by atoms with Gasteiger partial charge >= 0.3 is 6.03 Å². The molecule has 0 atom stereocenters. The number of benzene rings is 2. The van der Waals surface area contributed by atoms with E-state index in [1.165, 1.54) is 4.57 Å². The molecule has 11 heteroatoms. The van der Waals surface area contributed by atoms with Crippen LogP contribution in [0.3, 0.4) is 0 Å². The van der Waals surface area contributed by atoms with Crippen molar-refractivity contribution < 1.29 is 4.79 Å². The monoisotopic (exact) mass is 547 g/mol. The molecule has 0 bridgehead atoms. The van der Waals surface area contributed by atoms with E-state index in [0.717, 1.165) is 0 Å². The number of carbonyl (C=O) groups excluding carboxylic acids is 1. The molecule has 3 heterocycles. The molecule has 11 nitrogen and oxygen atoms in total. The Hall–Kier alpha value is -5.50. The third-order valence-corrected chi connectivity index (χ3v) is 6.52. The van der Waals surface area contributed by atoms with Crippen molar-refractivity contribution in [2.75, 3.05) is 23.0 Å². The molecule has 206 valence electrons. The normalized spacial score (nSPS) is 11.2. The highest BCUT2D eigenvalue weighted by molar-refractivity contribution is 6.02. The maximum absolute atomic E-state index is 13.2. The lowest BCUT2D eigenvalue weighted by molar-refractivity contribution is 0.262. The van der Waals surface area contributed by atoms with Gasteiger partial charge in [0.2, 0.25) is 5.95 Å². The highest BCUT2D eigenvalue weighted by atomic mass is 16.2. The number of hydrogen-bond acceptors (Lipinski definition) is 7. The second-order valence-corrected chi connectivity index (χ2v) is 10.5. The number of nitrogens with zero attached hydrogens (tertiary/aromatic N) is 6. The minimum Gasteiger partial charge on any atom is -0.357 e. The van der Waals surface area contributed by atoms with Gasteiger partial charge in [-0.1, -0.05) is 24.3 Å². The average molecular weight is 548 g/mol. The van der Waals surface area contributed by atoms with Gasteiger partial charge in [0.25, 0.3) is 5.56 Å². The summed E-state index contributed by atoms with van der Waals surface area (Å²) in [5.74, 6) is 0.423. The third kappa shape index (κ3) is 5.49. The fourth-order valence-corrected chi connectivity index (χ4v) is 4.38. The minimum absolute atomic E-state index is 0.223. The molecule has 0 unspecified atom stereocenters. The van der Waals surface area contributed by atoms with E-state index in [4.69, 9.17) is 5.10 Å². The fraction of sp³-hybridized carbons (Fsp3) is 0.200. The first kappa shape index (κ1) is 27.1. The minimum atomic E-state index is -0.479. The van der Waals surface area contributed by atoms with Gasteiger partial charge < -0.3 is 16.0 Å². The lowest BCUT2D eigenvalue weighted by Crippen LogP contribution is -2.22. The Kier molecular flexibility index (Phi) is 6.99. The van der Waals surface area contributed by atoms with E-state index in [0.29, 0.717) is 56.3 Å². The SMILES string of the molecule is CNc1ncc2cc(-c3cccc(NC(=O)Nc4cn(C(C)(C)C)nc4-c4cccc(C#N)c4)c3)c(=O)n(C)c2n1. The van der Waals surface area contributed by atoms with Crippen LogP contribution in [-0.4, -0.2) is 37.4 Å². The maximum Gasteiger partial charge on any atom is 0.323 e. The first-order chi connectivity index (χ1) is 19.6. The van der Waals surface area contributed by atoms with E-state index >= 15 is 0 Å². The van der Waals surface area contributed by atoms with Gasteiger partial charge in [-0.05, 0) is 56.7 Å². The van der Waals surface area contributed by atoms with Gasteiger partial charge in [0.15, 0.2) is 0 Å². The Balaban J connectivity index is 1.44. The molecule has 3 aromatic heterocycles. The fourth-order valence-electron chi connectivity index (χ4n) is 4.38. The molecule has 3 N–H and O–H groups in total. The number of carbonyl (C=O) groups is 1. The van der Waals surface area contributed by atoms with E-state index in [2.05, 4.69) is 32.0 Å². The van der Waals surface area contributed by atoms with Crippen LogP contribution in [0.4, 0.5) is 22.1 Å². The van der Waals surface area contributed by atoms with Crippen molar-refractivity contribution >= 4 is 34.4 Å². The van der Waals surface area contributed by atoms with Gasteiger partial charge in [0, 0.05) is 48.7 Å². The Morgan fingerprint density at radius 2 is 1.78 bits per heavy atom. The topological polar surface area (TPSA) is 143 Å². The highest BCUT2D eigenvalue weighted by Crippen LogP contribution is 2.30. The average Bonchev–Trinajstić information content (AvgIpc) is 3.39. The van der Waals surface area contributed by atoms with Crippen molar-refractivity contribution in [2.24, 2.45) is 7.05 Å². The first-order valence-electron chi connectivity index (χ1n) is 12.9. The molecule has 5 aromatic rings. The van der Waals surface area contributed by atoms with E-state index in [1.54, 1.807) is 73.6 Å². The van der Waals surface area contributed by atoms with Crippen LogP contribution in [0.1, 0.15) is 26.3 Å². The number of nitrogens with one attached hydrogen (secondary N) is 3. The summed E-state index contributed by atoms with van der Waals surface area (Å²) in [5, 5.41) is 23.4. The smallest absolute Gasteiger partial charge is 0.323 e. The number of pyridine rings is 1. The van der Waals surface area contributed by atoms with Gasteiger partial charge in [0.05, 0.1) is 22.9 Å². The molecule has 2 aromatic carbocycles. The number of fused-ring (bicyclic) bond motifs is 1. The van der Waals surface area contributed by atoms with E-state index in [1.807, 2.05) is 32.9 Å². The summed E-state index contributed by atoms with van der Waals surface area (Å²) in [4.78, 5) is 35.0. The summed E-state index contributed by atoms with van der Waals surface area (Å²) >= 11 is 0. The summed E-state index contributed by atoms with van der Waals surface area (Å²) in [6.45, 7) is 6.02. The Morgan fingerprint density at radius 1 is 1.02 bits per heavy atom. The van der Waals surface area contributed by atoms with Crippen LogP contribution in [0, 0.1) is 11.3 Å². The van der Waals surface area contributed by atoms with Crippen molar-refractivity contribution in [3.63, 3.8) is 0 Å². The van der Waals surface area contributed by atoms with E-state index < -0.39 is 6.03 Å². The van der Waals surface area contributed by atoms with Crippen molar-refractivity contribution in [2.45, 2.75) is 26.3 Å². The third-order valence-electron chi connectivity index (χ3n) is 6.52. The molecule has 41 heavy (non-hydrogen) atoms. The quantitative estimate of drug-likeness (QED) is 0.275. The molecule has 0 radical (unpaired) electrons. The van der Waals surface area contributed by atoms with Gasteiger partial charge in [0.1, 0.15) is 11.3 Å². The van der Waals surface area contributed by atoms with Gasteiger partial charge in [-0.25, -0.2) is 9.78 Å². The van der Waals surface area contributed by atoms with Gasteiger partial charge in [-0.3, -0.25) is 14.0 Å². The summed E-state index contributed by atoms with van der Waals surface area (Å²) in [6, 6.07) is 17.5. The molecule has 0 spiro atoms. The molecule has 5 rings (SSSR count). The lowest BCUT2D eigenvalue weighted by atomic mass is 10.1. The lowest BCUT2D eigenvalue weighted by Gasteiger charge is -2.18. The Labute approximate surface area is 236 Å². The van der Waals surface area contributed by atoms with Crippen LogP contribution in [0.5, 0.6) is 0 Å². The van der Waals surface area contributed by atoms with Crippen molar-refractivity contribution in [3.05, 3.63) is 82.9 Å². The number of urea groups is 1. The van der Waals surface area contributed by atoms with Crippen LogP contribution in [0.15, 0.2) is 71.8 Å². The highest BCUT2D eigenvalue weighted by Gasteiger charge is 2.21. The summed E-state index contributed by atoms with van der Waals surface area (Å²) < 4.78 is 3.26. The molecule has 0 fully saturated rings. The molecule has 0 saturated carbocycles. The van der Waals surface area contributed by atoms with Gasteiger partial charge in [-0.2, -0.15) is 15.3 Å². The van der Waals surface area contributed by atoms with Crippen LogP contribution < -0.4 is 21.5 Å². The predicted octanol–water partition coefficient (Wildman–Crippen LogP) is 5.17. The summed E-state index contributed by atoms with van der Waals surface area (Å²) in [6.07, 6.45) is 3.43. The van der Waals surface area contributed by atoms with Crippen molar-refractivity contribution in [3.8, 4) is 28.5 Å². The molecule has 2 amide bonds. The largest absolute Gasteiger partial charge is 0.357 e. The molecule has 0 aliphatic heterocycles. The van der Waals surface area contributed by atoms with Crippen LogP contribution in [0.25, 0.3) is 33.4 Å². The Morgan fingerprint density at radius 3 is 2.51 bits per heavy atom. The number of rotatable bonds is 5. The zero-order valence-electron chi connectivity index (χ0n) is 23.4. The number of aryl methyl sites for hydroxylation is 1. The van der Waals surface area contributed by atoms with Crippen LogP contribution in [-0.2, 0) is 12.6 Å². The number of aromatic nitrogens is 5. The molecule has 0 aliphatic carbocycles. The first-order valence-corrected chi connectivity index (χ1v) is 12.9. The number of anilines is 3. The van der Waals surface area contributed by atoms with Crippen molar-refractivity contribution in [1.82, 2.24) is 24.3 Å². The maximum atomic E-state index is 13.2. The van der Waals surface area contributed by atoms with Crippen LogP contribution >= 0.6 is 0 Å². The molecular weight excluding hydrogens is 518 g/mol. The zero-order valence-corrected chi connectivity index (χ0v) is 23.4. The second-order valence-electron chi connectivity index (χ2n) is 10.5.